The second-order valence-corrected chi connectivity index (χ2v) is 4.27. The van der Waals surface area contributed by atoms with Crippen molar-refractivity contribution in [2.75, 3.05) is 0 Å². The van der Waals surface area contributed by atoms with Gasteiger partial charge in [-0.1, -0.05) is 24.3 Å². The molecule has 3 heteroatoms. The van der Waals surface area contributed by atoms with Crippen LogP contribution in [0.5, 0.6) is 0 Å². The number of aromatic nitrogens is 2. The number of hydrogen-bond donors (Lipinski definition) is 1. The topological polar surface area (TPSA) is 43.8 Å². The minimum Gasteiger partial charge on any atom is -0.327 e. The Bertz CT molecular complexity index is 513. The van der Waals surface area contributed by atoms with Gasteiger partial charge < -0.3 is 5.73 Å². The van der Waals surface area contributed by atoms with Crippen LogP contribution < -0.4 is 5.73 Å². The van der Waals surface area contributed by atoms with E-state index in [2.05, 4.69) is 30.7 Å². The van der Waals surface area contributed by atoms with Crippen LogP contribution in [0.1, 0.15) is 19.0 Å². The number of nitrogens with two attached hydrogens (primary N) is 1. The highest BCUT2D eigenvalue weighted by atomic mass is 15.3. The number of fused-ring (bicyclic) bond motifs is 1. The Balaban J connectivity index is 2.36. The van der Waals surface area contributed by atoms with Gasteiger partial charge in [-0.15, -0.1) is 6.58 Å². The Morgan fingerprint density at radius 2 is 2.24 bits per heavy atom. The molecular formula is C14H19N3. The van der Waals surface area contributed by atoms with E-state index >= 15 is 0 Å². The maximum absolute atomic E-state index is 6.04. The van der Waals surface area contributed by atoms with Crippen molar-refractivity contribution in [2.45, 2.75) is 32.4 Å². The van der Waals surface area contributed by atoms with E-state index in [-0.39, 0.29) is 6.04 Å². The summed E-state index contributed by atoms with van der Waals surface area (Å²) in [5.74, 6) is 0. The molecule has 1 atom stereocenters. The van der Waals surface area contributed by atoms with Crippen molar-refractivity contribution in [2.24, 2.45) is 5.73 Å². The molecule has 1 heterocycles. The van der Waals surface area contributed by atoms with E-state index in [1.807, 2.05) is 22.9 Å². The molecule has 0 aliphatic rings. The van der Waals surface area contributed by atoms with Gasteiger partial charge in [-0.3, -0.25) is 4.68 Å². The molecule has 2 aromatic rings. The van der Waals surface area contributed by atoms with Gasteiger partial charge in [-0.2, -0.15) is 5.10 Å². The number of benzene rings is 1. The average molecular weight is 229 g/mol. The normalized spacial score (nSPS) is 12.8. The van der Waals surface area contributed by atoms with Crippen LogP contribution >= 0.6 is 0 Å². The summed E-state index contributed by atoms with van der Waals surface area (Å²) in [6, 6.07) is 8.42. The summed E-state index contributed by atoms with van der Waals surface area (Å²) >= 11 is 0. The fourth-order valence-electron chi connectivity index (χ4n) is 2.13. The van der Waals surface area contributed by atoms with E-state index in [4.69, 9.17) is 5.73 Å². The van der Waals surface area contributed by atoms with Crippen LogP contribution in [-0.4, -0.2) is 15.8 Å². The molecule has 0 aliphatic carbocycles. The lowest BCUT2D eigenvalue weighted by atomic mass is 10.1. The third-order valence-corrected chi connectivity index (χ3v) is 2.96. The van der Waals surface area contributed by atoms with Crippen molar-refractivity contribution < 1.29 is 0 Å². The van der Waals surface area contributed by atoms with Crippen molar-refractivity contribution in [1.29, 1.82) is 0 Å². The summed E-state index contributed by atoms with van der Waals surface area (Å²) in [5, 5.41) is 5.85. The zero-order valence-electron chi connectivity index (χ0n) is 10.3. The van der Waals surface area contributed by atoms with Crippen molar-refractivity contribution in [1.82, 2.24) is 9.78 Å². The quantitative estimate of drug-likeness (QED) is 0.801. The summed E-state index contributed by atoms with van der Waals surface area (Å²) in [5.41, 5.74) is 8.32. The Morgan fingerprint density at radius 1 is 1.47 bits per heavy atom. The Morgan fingerprint density at radius 3 is 2.94 bits per heavy atom. The molecule has 0 bridgehead atoms. The highest BCUT2D eigenvalue weighted by Crippen LogP contribution is 2.19. The Hall–Kier alpha value is -1.61. The van der Waals surface area contributed by atoms with Gasteiger partial charge in [-0.05, 0) is 19.4 Å². The molecule has 2 rings (SSSR count). The van der Waals surface area contributed by atoms with Crippen LogP contribution in [0, 0.1) is 0 Å². The van der Waals surface area contributed by atoms with Crippen molar-refractivity contribution >= 4 is 10.9 Å². The van der Waals surface area contributed by atoms with Gasteiger partial charge in [-0.25, -0.2) is 0 Å². The predicted molar refractivity (Wildman–Crippen MR) is 71.9 cm³/mol. The van der Waals surface area contributed by atoms with E-state index in [0.717, 1.165) is 25.1 Å². The summed E-state index contributed by atoms with van der Waals surface area (Å²) in [7, 11) is 0. The molecule has 0 saturated heterocycles. The average Bonchev–Trinajstić information content (AvgIpc) is 2.68. The number of rotatable bonds is 5. The smallest absolute Gasteiger partial charge is 0.0718 e. The Kier molecular flexibility index (Phi) is 3.59. The fraction of sp³-hybridized carbons (Fsp3) is 0.357. The van der Waals surface area contributed by atoms with Gasteiger partial charge >= 0.3 is 0 Å². The number of nitrogens with zero attached hydrogens (tertiary/aromatic N) is 2. The lowest BCUT2D eigenvalue weighted by molar-refractivity contribution is 0.628. The summed E-state index contributed by atoms with van der Waals surface area (Å²) in [6.45, 7) is 6.71. The zero-order valence-corrected chi connectivity index (χ0v) is 10.3. The van der Waals surface area contributed by atoms with Crippen molar-refractivity contribution in [3.8, 4) is 0 Å². The monoisotopic (exact) mass is 229 g/mol. The lowest BCUT2D eigenvalue weighted by Gasteiger charge is -2.06. The molecule has 1 aromatic heterocycles. The van der Waals surface area contributed by atoms with Crippen molar-refractivity contribution in [3.05, 3.63) is 42.6 Å². The van der Waals surface area contributed by atoms with Gasteiger partial charge in [0, 0.05) is 24.4 Å². The van der Waals surface area contributed by atoms with Gasteiger partial charge in [0.2, 0.25) is 0 Å². The first-order valence-electron chi connectivity index (χ1n) is 6.07. The van der Waals surface area contributed by atoms with E-state index in [1.165, 1.54) is 10.9 Å². The minimum absolute atomic E-state index is 0.108. The van der Waals surface area contributed by atoms with E-state index in [0.29, 0.717) is 0 Å². The summed E-state index contributed by atoms with van der Waals surface area (Å²) < 4.78 is 2.03. The summed E-state index contributed by atoms with van der Waals surface area (Å²) in [4.78, 5) is 0. The van der Waals surface area contributed by atoms with Gasteiger partial charge in [0.25, 0.3) is 0 Å². The minimum atomic E-state index is 0.108. The van der Waals surface area contributed by atoms with Crippen LogP contribution in [0.25, 0.3) is 10.9 Å². The Labute approximate surface area is 102 Å². The summed E-state index contributed by atoms with van der Waals surface area (Å²) in [6.07, 6.45) is 3.50. The third kappa shape index (κ3) is 2.39. The van der Waals surface area contributed by atoms with E-state index in [1.54, 1.807) is 0 Å². The molecular weight excluding hydrogens is 210 g/mol. The molecule has 1 unspecified atom stereocenters. The number of aryl methyl sites for hydroxylation is 1. The van der Waals surface area contributed by atoms with E-state index in [9.17, 15) is 0 Å². The molecule has 3 nitrogen and oxygen atoms in total. The van der Waals surface area contributed by atoms with Crippen LogP contribution in [0.15, 0.2) is 36.9 Å². The molecule has 17 heavy (non-hydrogen) atoms. The second-order valence-electron chi connectivity index (χ2n) is 4.27. The van der Waals surface area contributed by atoms with Crippen LogP contribution in [0.2, 0.25) is 0 Å². The largest absolute Gasteiger partial charge is 0.327 e. The first-order valence-corrected chi connectivity index (χ1v) is 6.07. The first kappa shape index (κ1) is 11.9. The van der Waals surface area contributed by atoms with Crippen molar-refractivity contribution in [3.63, 3.8) is 0 Å². The fourth-order valence-corrected chi connectivity index (χ4v) is 2.13. The maximum Gasteiger partial charge on any atom is 0.0718 e. The highest BCUT2D eigenvalue weighted by molar-refractivity contribution is 5.82. The number of para-hydroxylation sites is 1. The zero-order chi connectivity index (χ0) is 12.3. The molecule has 1 aromatic carbocycles. The molecule has 0 fully saturated rings. The first-order chi connectivity index (χ1) is 8.26. The highest BCUT2D eigenvalue weighted by Gasteiger charge is 2.11. The molecule has 90 valence electrons. The maximum atomic E-state index is 6.04. The van der Waals surface area contributed by atoms with Gasteiger partial charge in [0.15, 0.2) is 0 Å². The predicted octanol–water partition coefficient (Wildman–Crippen LogP) is 2.50. The molecule has 0 radical (unpaired) electrons. The molecule has 0 spiro atoms. The van der Waals surface area contributed by atoms with Gasteiger partial charge in [0.05, 0.1) is 11.2 Å². The van der Waals surface area contributed by atoms with Crippen LogP contribution in [-0.2, 0) is 13.0 Å². The standard InChI is InChI=1S/C14H19N3/c1-3-7-11(15)10-13-12-8-5-6-9-14(12)17(4-2)16-13/h3,5-6,8-9,11H,1,4,7,10,15H2,2H3. The van der Waals surface area contributed by atoms with E-state index < -0.39 is 0 Å². The SMILES string of the molecule is C=CCC(N)Cc1nn(CC)c2ccccc12. The molecule has 0 aliphatic heterocycles. The lowest BCUT2D eigenvalue weighted by Crippen LogP contribution is -2.22. The van der Waals surface area contributed by atoms with Crippen LogP contribution in [0.4, 0.5) is 0 Å². The third-order valence-electron chi connectivity index (χ3n) is 2.96. The number of hydrogen-bond acceptors (Lipinski definition) is 2. The van der Waals surface area contributed by atoms with Crippen LogP contribution in [0.3, 0.4) is 0 Å². The molecule has 0 saturated carbocycles. The second kappa shape index (κ2) is 5.15. The molecule has 0 amide bonds. The molecule has 2 N–H and O–H groups in total. The van der Waals surface area contributed by atoms with Gasteiger partial charge in [0.1, 0.15) is 0 Å².